The number of rotatable bonds is 0. The molecule has 3 heterocycles. The van der Waals surface area contributed by atoms with Gasteiger partial charge in [-0.15, -0.1) is 0 Å². The Hall–Kier alpha value is -0.810. The van der Waals surface area contributed by atoms with E-state index in [1.54, 1.807) is 0 Å². The van der Waals surface area contributed by atoms with Crippen LogP contribution in [0.3, 0.4) is 0 Å². The number of halogens is 1. The van der Waals surface area contributed by atoms with E-state index in [1.807, 2.05) is 6.20 Å². The molecule has 92 valence electrons. The van der Waals surface area contributed by atoms with Crippen molar-refractivity contribution in [3.63, 3.8) is 0 Å². The summed E-state index contributed by atoms with van der Waals surface area (Å²) in [5.41, 5.74) is 1.15. The minimum Gasteiger partial charge on any atom is -0.489 e. The van der Waals surface area contributed by atoms with E-state index in [4.69, 9.17) is 4.74 Å². The molecule has 0 amide bonds. The summed E-state index contributed by atoms with van der Waals surface area (Å²) in [6.07, 6.45) is 2.93. The first-order valence-corrected chi connectivity index (χ1v) is 6.82. The number of fused-ring (bicyclic) bond motifs is 3. The average molecular weight is 298 g/mol. The molecule has 0 aliphatic carbocycles. The predicted octanol–water partition coefficient (Wildman–Crippen LogP) is 1.71. The number of hydrogen-bond donors (Lipinski definition) is 1. The van der Waals surface area contributed by atoms with Gasteiger partial charge in [0.15, 0.2) is 11.6 Å². The maximum absolute atomic E-state index is 5.89. The molecule has 1 N–H and O–H groups in total. The quantitative estimate of drug-likeness (QED) is 0.791. The van der Waals surface area contributed by atoms with E-state index < -0.39 is 0 Å². The normalized spacial score (nSPS) is 23.4. The van der Waals surface area contributed by atoms with E-state index in [0.29, 0.717) is 6.04 Å². The molecule has 17 heavy (non-hydrogen) atoms. The zero-order valence-corrected chi connectivity index (χ0v) is 11.5. The van der Waals surface area contributed by atoms with Gasteiger partial charge in [0.2, 0.25) is 0 Å². The third-order valence-corrected chi connectivity index (χ3v) is 4.32. The van der Waals surface area contributed by atoms with Gasteiger partial charge in [-0.1, -0.05) is 0 Å². The molecule has 2 aliphatic heterocycles. The van der Waals surface area contributed by atoms with Crippen molar-refractivity contribution in [2.75, 3.05) is 31.1 Å². The first-order chi connectivity index (χ1) is 8.27. The Balaban J connectivity index is 2.06. The van der Waals surface area contributed by atoms with Gasteiger partial charge in [-0.25, -0.2) is 4.98 Å². The van der Waals surface area contributed by atoms with Crippen LogP contribution in [0.1, 0.15) is 12.0 Å². The van der Waals surface area contributed by atoms with Crippen molar-refractivity contribution in [1.29, 1.82) is 0 Å². The highest BCUT2D eigenvalue weighted by molar-refractivity contribution is 9.10. The molecule has 0 saturated carbocycles. The lowest BCUT2D eigenvalue weighted by atomic mass is 10.1. The second-order valence-electron chi connectivity index (χ2n) is 4.57. The highest BCUT2D eigenvalue weighted by Gasteiger charge is 2.29. The van der Waals surface area contributed by atoms with Crippen molar-refractivity contribution in [1.82, 2.24) is 10.3 Å². The van der Waals surface area contributed by atoms with Gasteiger partial charge in [-0.3, -0.25) is 0 Å². The maximum Gasteiger partial charge on any atom is 0.172 e. The zero-order chi connectivity index (χ0) is 11.8. The number of pyridine rings is 1. The van der Waals surface area contributed by atoms with Crippen LogP contribution in [0.4, 0.5) is 5.82 Å². The van der Waals surface area contributed by atoms with E-state index in [-0.39, 0.29) is 0 Å². The molecule has 1 aromatic heterocycles. The highest BCUT2D eigenvalue weighted by Crippen LogP contribution is 2.37. The largest absolute Gasteiger partial charge is 0.489 e. The monoisotopic (exact) mass is 297 g/mol. The second-order valence-corrected chi connectivity index (χ2v) is 5.43. The molecule has 0 aromatic carbocycles. The van der Waals surface area contributed by atoms with Gasteiger partial charge in [0, 0.05) is 48.3 Å². The summed E-state index contributed by atoms with van der Waals surface area (Å²) in [7, 11) is 0. The molecule has 3 rings (SSSR count). The van der Waals surface area contributed by atoms with Crippen LogP contribution in [0.5, 0.6) is 5.75 Å². The summed E-state index contributed by atoms with van der Waals surface area (Å²) in [6.45, 7) is 5.91. The fourth-order valence-corrected chi connectivity index (χ4v) is 2.80. The number of aromatic nitrogens is 1. The molecular formula is C12H16BrN3O. The number of nitrogens with one attached hydrogen (secondary N) is 1. The van der Waals surface area contributed by atoms with Crippen LogP contribution >= 0.6 is 15.9 Å². The topological polar surface area (TPSA) is 37.4 Å². The zero-order valence-electron chi connectivity index (χ0n) is 9.87. The smallest absolute Gasteiger partial charge is 0.172 e. The van der Waals surface area contributed by atoms with Gasteiger partial charge in [0.05, 0.1) is 6.61 Å². The molecule has 2 aliphatic rings. The Morgan fingerprint density at radius 2 is 2.47 bits per heavy atom. The van der Waals surface area contributed by atoms with Crippen LogP contribution in [0.15, 0.2) is 10.7 Å². The summed E-state index contributed by atoms with van der Waals surface area (Å²) < 4.78 is 6.91. The number of hydrogen-bond acceptors (Lipinski definition) is 4. The van der Waals surface area contributed by atoms with Gasteiger partial charge in [-0.05, 0) is 22.9 Å². The molecule has 5 heteroatoms. The number of nitrogens with zero attached hydrogens (tertiary/aromatic N) is 2. The first kappa shape index (κ1) is 11.3. The van der Waals surface area contributed by atoms with Crippen molar-refractivity contribution in [3.8, 4) is 5.75 Å². The second kappa shape index (κ2) is 4.46. The van der Waals surface area contributed by atoms with Gasteiger partial charge in [-0.2, -0.15) is 0 Å². The minimum absolute atomic E-state index is 0.512. The Morgan fingerprint density at radius 1 is 1.59 bits per heavy atom. The third-order valence-electron chi connectivity index (χ3n) is 3.52. The summed E-state index contributed by atoms with van der Waals surface area (Å²) in [4.78, 5) is 6.94. The Bertz CT molecular complexity index is 438. The van der Waals surface area contributed by atoms with E-state index in [1.165, 1.54) is 0 Å². The molecule has 4 nitrogen and oxygen atoms in total. The van der Waals surface area contributed by atoms with Crippen LogP contribution in [0.25, 0.3) is 0 Å². The number of anilines is 1. The van der Waals surface area contributed by atoms with E-state index >= 15 is 0 Å². The van der Waals surface area contributed by atoms with E-state index in [0.717, 1.165) is 54.3 Å². The van der Waals surface area contributed by atoms with Crippen molar-refractivity contribution in [3.05, 3.63) is 16.2 Å². The van der Waals surface area contributed by atoms with Crippen LogP contribution < -0.4 is 15.0 Å². The van der Waals surface area contributed by atoms with Crippen LogP contribution in [-0.2, 0) is 0 Å². The minimum atomic E-state index is 0.512. The molecule has 1 aromatic rings. The van der Waals surface area contributed by atoms with Gasteiger partial charge >= 0.3 is 0 Å². The summed E-state index contributed by atoms with van der Waals surface area (Å²) >= 11 is 3.51. The molecule has 0 spiro atoms. The van der Waals surface area contributed by atoms with E-state index in [9.17, 15) is 0 Å². The summed E-state index contributed by atoms with van der Waals surface area (Å²) in [6, 6.07) is 0.512. The van der Waals surface area contributed by atoms with Crippen molar-refractivity contribution in [2.45, 2.75) is 19.4 Å². The SMILES string of the molecule is Cc1c(Br)cnc2c1OCC[C@H]1CNCCN21. The Morgan fingerprint density at radius 3 is 3.35 bits per heavy atom. The fraction of sp³-hybridized carbons (Fsp3) is 0.583. The molecule has 0 radical (unpaired) electrons. The lowest BCUT2D eigenvalue weighted by Crippen LogP contribution is -2.51. The van der Waals surface area contributed by atoms with Gasteiger partial charge in [0.1, 0.15) is 0 Å². The third kappa shape index (κ3) is 1.91. The lowest BCUT2D eigenvalue weighted by molar-refractivity contribution is 0.302. The summed E-state index contributed by atoms with van der Waals surface area (Å²) in [5, 5.41) is 3.43. The maximum atomic E-state index is 5.89. The molecule has 1 atom stereocenters. The molecule has 0 unspecified atom stereocenters. The lowest BCUT2D eigenvalue weighted by Gasteiger charge is -2.35. The van der Waals surface area contributed by atoms with E-state index in [2.05, 4.69) is 38.1 Å². The number of ether oxygens (including phenoxy) is 1. The Kier molecular flexibility index (Phi) is 2.96. The van der Waals surface area contributed by atoms with Gasteiger partial charge in [0.25, 0.3) is 0 Å². The molecule has 1 saturated heterocycles. The van der Waals surface area contributed by atoms with Crippen LogP contribution in [0.2, 0.25) is 0 Å². The highest BCUT2D eigenvalue weighted by atomic mass is 79.9. The molecular weight excluding hydrogens is 282 g/mol. The van der Waals surface area contributed by atoms with Crippen molar-refractivity contribution >= 4 is 21.7 Å². The van der Waals surface area contributed by atoms with Crippen LogP contribution in [-0.4, -0.2) is 37.3 Å². The van der Waals surface area contributed by atoms with Crippen LogP contribution in [0, 0.1) is 6.92 Å². The number of piperazine rings is 1. The first-order valence-electron chi connectivity index (χ1n) is 6.02. The average Bonchev–Trinajstić information content (AvgIpc) is 2.54. The van der Waals surface area contributed by atoms with Crippen molar-refractivity contribution in [2.24, 2.45) is 0 Å². The predicted molar refractivity (Wildman–Crippen MR) is 70.8 cm³/mol. The Labute approximate surface area is 109 Å². The fourth-order valence-electron chi connectivity index (χ4n) is 2.52. The molecule has 1 fully saturated rings. The standard InChI is InChI=1S/C12H16BrN3O/c1-8-10(13)7-15-12-11(8)17-5-2-9-6-14-3-4-16(9)12/h7,9,14H,2-6H2,1H3/t9-/m0/s1. The van der Waals surface area contributed by atoms with Gasteiger partial charge < -0.3 is 15.0 Å². The van der Waals surface area contributed by atoms with Crippen molar-refractivity contribution < 1.29 is 4.74 Å². The summed E-state index contributed by atoms with van der Waals surface area (Å²) in [5.74, 6) is 1.96. The molecule has 0 bridgehead atoms.